The number of nitrogens with zero attached hydrogens (tertiary/aromatic N) is 2. The number of aryl methyl sites for hydroxylation is 1. The maximum atomic E-state index is 12.5. The van der Waals surface area contributed by atoms with Crippen LogP contribution in [0.25, 0.3) is 11.8 Å². The molecule has 4 rings (SSSR count). The molecule has 1 N–H and O–H groups in total. The lowest BCUT2D eigenvalue weighted by Gasteiger charge is -2.18. The van der Waals surface area contributed by atoms with Crippen LogP contribution >= 0.6 is 0 Å². The second-order valence-electron chi connectivity index (χ2n) is 7.12. The number of benzene rings is 2. The number of nitrogens with one attached hydrogen (secondary N) is 1. The van der Waals surface area contributed by atoms with Crippen LogP contribution in [0.1, 0.15) is 35.6 Å². The van der Waals surface area contributed by atoms with E-state index in [0.717, 1.165) is 11.3 Å². The predicted octanol–water partition coefficient (Wildman–Crippen LogP) is 4.46. The molecule has 4 heteroatoms. The van der Waals surface area contributed by atoms with Gasteiger partial charge in [0, 0.05) is 17.8 Å². The summed E-state index contributed by atoms with van der Waals surface area (Å²) in [6, 6.07) is 18.4. The molecule has 1 aliphatic carbocycles. The van der Waals surface area contributed by atoms with Crippen LogP contribution in [-0.2, 0) is 4.79 Å². The number of carbonyl (C=O) groups is 1. The molecule has 1 fully saturated rings. The minimum atomic E-state index is -0.0695. The fourth-order valence-electron chi connectivity index (χ4n) is 3.19. The summed E-state index contributed by atoms with van der Waals surface area (Å²) in [4.78, 5) is 12.5. The molecule has 1 aromatic heterocycles. The highest BCUT2D eigenvalue weighted by Crippen LogP contribution is 2.41. The lowest BCUT2D eigenvalue weighted by atomic mass is 10.0. The molecule has 0 radical (unpaired) electrons. The first-order valence-corrected chi connectivity index (χ1v) is 9.34. The van der Waals surface area contributed by atoms with Crippen molar-refractivity contribution in [3.63, 3.8) is 0 Å². The normalized spacial score (nSPS) is 15.0. The third-order valence-electron chi connectivity index (χ3n) is 4.88. The average molecular weight is 357 g/mol. The standard InChI is InChI=1S/C23H23N3O/c1-17-7-10-19(11-8-17)23(20-12-13-20)25-22(27)14-9-18-15-24-26(16-18)21-5-3-2-4-6-21/h2-11,14-16,20,23H,12-13H2,1H3,(H,25,27)/b14-9-/t23-/m1/s1. The molecule has 1 atom stereocenters. The van der Waals surface area contributed by atoms with E-state index in [1.54, 1.807) is 23.0 Å². The minimum absolute atomic E-state index is 0.0695. The molecule has 3 aromatic rings. The molecular weight excluding hydrogens is 334 g/mol. The van der Waals surface area contributed by atoms with Gasteiger partial charge in [-0.05, 0) is 49.5 Å². The van der Waals surface area contributed by atoms with Crippen LogP contribution in [0.5, 0.6) is 0 Å². The minimum Gasteiger partial charge on any atom is -0.345 e. The van der Waals surface area contributed by atoms with E-state index in [9.17, 15) is 4.79 Å². The van der Waals surface area contributed by atoms with Gasteiger partial charge in [0.05, 0.1) is 17.9 Å². The van der Waals surface area contributed by atoms with Gasteiger partial charge < -0.3 is 5.32 Å². The summed E-state index contributed by atoms with van der Waals surface area (Å²) in [7, 11) is 0. The van der Waals surface area contributed by atoms with Gasteiger partial charge in [-0.1, -0.05) is 48.0 Å². The van der Waals surface area contributed by atoms with Gasteiger partial charge in [0.25, 0.3) is 0 Å². The Hall–Kier alpha value is -3.14. The summed E-state index contributed by atoms with van der Waals surface area (Å²) in [5.41, 5.74) is 4.30. The Balaban J connectivity index is 1.42. The van der Waals surface area contributed by atoms with Crippen LogP contribution in [-0.4, -0.2) is 15.7 Å². The smallest absolute Gasteiger partial charge is 0.244 e. The van der Waals surface area contributed by atoms with E-state index in [2.05, 4.69) is 41.6 Å². The van der Waals surface area contributed by atoms with Gasteiger partial charge in [-0.25, -0.2) is 4.68 Å². The van der Waals surface area contributed by atoms with Gasteiger partial charge in [-0.2, -0.15) is 5.10 Å². The first-order chi connectivity index (χ1) is 13.2. The summed E-state index contributed by atoms with van der Waals surface area (Å²) in [5.74, 6) is 0.478. The molecule has 0 unspecified atom stereocenters. The fourth-order valence-corrected chi connectivity index (χ4v) is 3.19. The Bertz CT molecular complexity index is 937. The fraction of sp³-hybridized carbons (Fsp3) is 0.217. The molecule has 2 aromatic carbocycles. The van der Waals surface area contributed by atoms with Gasteiger partial charge in [0.2, 0.25) is 5.91 Å². The van der Waals surface area contributed by atoms with Crippen molar-refractivity contribution in [2.45, 2.75) is 25.8 Å². The number of para-hydroxylation sites is 1. The number of aromatic nitrogens is 2. The number of hydrogen-bond acceptors (Lipinski definition) is 2. The molecule has 27 heavy (non-hydrogen) atoms. The highest BCUT2D eigenvalue weighted by atomic mass is 16.1. The summed E-state index contributed by atoms with van der Waals surface area (Å²) >= 11 is 0. The Morgan fingerprint density at radius 1 is 1.15 bits per heavy atom. The van der Waals surface area contributed by atoms with E-state index >= 15 is 0 Å². The average Bonchev–Trinajstić information content (AvgIpc) is 3.43. The zero-order valence-corrected chi connectivity index (χ0v) is 15.4. The SMILES string of the molecule is Cc1ccc([C@@H](NC(=O)/C=C\c2cnn(-c3ccccc3)c2)C2CC2)cc1. The van der Waals surface area contributed by atoms with Gasteiger partial charge in [-0.15, -0.1) is 0 Å². The molecular formula is C23H23N3O. The zero-order chi connectivity index (χ0) is 18.6. The number of hydrogen-bond donors (Lipinski definition) is 1. The van der Waals surface area contributed by atoms with Gasteiger partial charge in [-0.3, -0.25) is 4.79 Å². The maximum Gasteiger partial charge on any atom is 0.244 e. The van der Waals surface area contributed by atoms with E-state index < -0.39 is 0 Å². The van der Waals surface area contributed by atoms with Crippen LogP contribution < -0.4 is 5.32 Å². The monoisotopic (exact) mass is 357 g/mol. The van der Waals surface area contributed by atoms with E-state index in [1.165, 1.54) is 24.0 Å². The quantitative estimate of drug-likeness (QED) is 0.662. The van der Waals surface area contributed by atoms with Crippen molar-refractivity contribution in [1.29, 1.82) is 0 Å². The van der Waals surface area contributed by atoms with Crippen LogP contribution in [0.15, 0.2) is 73.1 Å². The van der Waals surface area contributed by atoms with Gasteiger partial charge in [0.15, 0.2) is 0 Å². The maximum absolute atomic E-state index is 12.5. The van der Waals surface area contributed by atoms with E-state index in [1.807, 2.05) is 36.5 Å². The van der Waals surface area contributed by atoms with Crippen molar-refractivity contribution >= 4 is 12.0 Å². The van der Waals surface area contributed by atoms with Crippen molar-refractivity contribution in [1.82, 2.24) is 15.1 Å². The Morgan fingerprint density at radius 3 is 2.59 bits per heavy atom. The molecule has 1 aliphatic rings. The molecule has 0 saturated heterocycles. The second kappa shape index (κ2) is 7.62. The molecule has 1 saturated carbocycles. The molecule has 0 spiro atoms. The molecule has 1 heterocycles. The molecule has 0 aliphatic heterocycles. The lowest BCUT2D eigenvalue weighted by Crippen LogP contribution is -2.28. The van der Waals surface area contributed by atoms with Crippen molar-refractivity contribution in [2.75, 3.05) is 0 Å². The second-order valence-corrected chi connectivity index (χ2v) is 7.12. The lowest BCUT2D eigenvalue weighted by molar-refractivity contribution is -0.117. The Labute approximate surface area is 159 Å². The van der Waals surface area contributed by atoms with Gasteiger partial charge in [0.1, 0.15) is 0 Å². The van der Waals surface area contributed by atoms with Crippen molar-refractivity contribution in [2.24, 2.45) is 5.92 Å². The number of rotatable bonds is 6. The molecule has 0 bridgehead atoms. The Morgan fingerprint density at radius 2 is 1.89 bits per heavy atom. The Kier molecular flexibility index (Phi) is 4.88. The first kappa shape index (κ1) is 17.3. The summed E-state index contributed by atoms with van der Waals surface area (Å²) in [6.07, 6.45) is 9.42. The first-order valence-electron chi connectivity index (χ1n) is 9.34. The molecule has 4 nitrogen and oxygen atoms in total. The third kappa shape index (κ3) is 4.34. The van der Waals surface area contributed by atoms with Gasteiger partial charge >= 0.3 is 0 Å². The van der Waals surface area contributed by atoms with Crippen molar-refractivity contribution < 1.29 is 4.79 Å². The predicted molar refractivity (Wildman–Crippen MR) is 107 cm³/mol. The largest absolute Gasteiger partial charge is 0.345 e. The third-order valence-corrected chi connectivity index (χ3v) is 4.88. The highest BCUT2D eigenvalue weighted by Gasteiger charge is 2.32. The topological polar surface area (TPSA) is 46.9 Å². The van der Waals surface area contributed by atoms with Crippen LogP contribution in [0.2, 0.25) is 0 Å². The van der Waals surface area contributed by atoms with E-state index in [0.29, 0.717) is 5.92 Å². The van der Waals surface area contributed by atoms with Crippen LogP contribution in [0.3, 0.4) is 0 Å². The van der Waals surface area contributed by atoms with E-state index in [-0.39, 0.29) is 11.9 Å². The molecule has 136 valence electrons. The highest BCUT2D eigenvalue weighted by molar-refractivity contribution is 5.92. The van der Waals surface area contributed by atoms with Crippen molar-refractivity contribution in [3.8, 4) is 5.69 Å². The zero-order valence-electron chi connectivity index (χ0n) is 15.4. The number of carbonyl (C=O) groups excluding carboxylic acids is 1. The summed E-state index contributed by atoms with van der Waals surface area (Å²) in [5, 5.41) is 7.52. The van der Waals surface area contributed by atoms with E-state index in [4.69, 9.17) is 0 Å². The summed E-state index contributed by atoms with van der Waals surface area (Å²) < 4.78 is 1.80. The van der Waals surface area contributed by atoms with Crippen LogP contribution in [0.4, 0.5) is 0 Å². The number of amides is 1. The molecule has 1 amide bonds. The van der Waals surface area contributed by atoms with Crippen molar-refractivity contribution in [3.05, 3.63) is 89.8 Å². The van der Waals surface area contributed by atoms with Crippen LogP contribution in [0, 0.1) is 12.8 Å². The summed E-state index contributed by atoms with van der Waals surface area (Å²) in [6.45, 7) is 2.08.